The fraction of sp³-hybridized carbons (Fsp3) is 0.571. The fourth-order valence-electron chi connectivity index (χ4n) is 5.76. The summed E-state index contributed by atoms with van der Waals surface area (Å²) in [6.07, 6.45) is 4.13. The molecule has 0 spiro atoms. The molecule has 1 atom stereocenters. The molecule has 1 aliphatic carbocycles. The quantitative estimate of drug-likeness (QED) is 0.330. The second kappa shape index (κ2) is 13.0. The van der Waals surface area contributed by atoms with Gasteiger partial charge in [-0.15, -0.1) is 0 Å². The van der Waals surface area contributed by atoms with E-state index >= 15 is 0 Å². The van der Waals surface area contributed by atoms with E-state index in [0.29, 0.717) is 23.2 Å². The van der Waals surface area contributed by atoms with E-state index < -0.39 is 23.4 Å². The van der Waals surface area contributed by atoms with Crippen LogP contribution in [0.2, 0.25) is 0 Å². The zero-order valence-electron chi connectivity index (χ0n) is 28.0. The van der Waals surface area contributed by atoms with E-state index in [9.17, 15) is 14.4 Å². The summed E-state index contributed by atoms with van der Waals surface area (Å²) in [6.45, 7) is 15.6. The average Bonchev–Trinajstić information content (AvgIpc) is 2.96. The van der Waals surface area contributed by atoms with Crippen molar-refractivity contribution in [1.82, 2.24) is 0 Å². The molecule has 2 aromatic rings. The highest BCUT2D eigenvalue weighted by atomic mass is 32.2. The van der Waals surface area contributed by atoms with Gasteiger partial charge in [-0.05, 0) is 115 Å². The molecular formula is C35H49N3O5S. The molecule has 44 heavy (non-hydrogen) atoms. The van der Waals surface area contributed by atoms with Crippen molar-refractivity contribution in [3.05, 3.63) is 36.4 Å². The van der Waals surface area contributed by atoms with Crippen LogP contribution in [0.25, 0.3) is 0 Å². The Morgan fingerprint density at radius 2 is 1.25 bits per heavy atom. The van der Waals surface area contributed by atoms with Gasteiger partial charge in [-0.25, -0.2) is 9.59 Å². The van der Waals surface area contributed by atoms with Crippen molar-refractivity contribution in [3.63, 3.8) is 0 Å². The Morgan fingerprint density at radius 3 is 1.64 bits per heavy atom. The minimum atomic E-state index is -0.624. The lowest BCUT2D eigenvalue weighted by Crippen LogP contribution is -2.37. The lowest BCUT2D eigenvalue weighted by molar-refractivity contribution is -0.123. The predicted molar refractivity (Wildman–Crippen MR) is 178 cm³/mol. The van der Waals surface area contributed by atoms with E-state index in [0.717, 1.165) is 53.3 Å². The van der Waals surface area contributed by atoms with Gasteiger partial charge in [-0.3, -0.25) is 19.5 Å². The smallest absolute Gasteiger partial charge is 0.414 e. The Kier molecular flexibility index (Phi) is 9.98. The summed E-state index contributed by atoms with van der Waals surface area (Å²) in [5.74, 6) is 1.36. The summed E-state index contributed by atoms with van der Waals surface area (Å²) in [5, 5.41) is 0. The molecule has 1 unspecified atom stereocenters. The highest BCUT2D eigenvalue weighted by Crippen LogP contribution is 2.51. The zero-order valence-corrected chi connectivity index (χ0v) is 28.8. The number of carbonyl (C=O) groups is 3. The van der Waals surface area contributed by atoms with Crippen molar-refractivity contribution in [2.75, 3.05) is 28.8 Å². The van der Waals surface area contributed by atoms with Gasteiger partial charge in [0.15, 0.2) is 0 Å². The van der Waals surface area contributed by atoms with Crippen LogP contribution in [0.15, 0.2) is 46.2 Å². The van der Waals surface area contributed by atoms with E-state index in [-0.39, 0.29) is 11.8 Å². The molecule has 1 aliphatic heterocycles. The third-order valence-electron chi connectivity index (χ3n) is 8.49. The molecule has 1 saturated carbocycles. The normalized spacial score (nSPS) is 18.9. The number of anilines is 4. The first kappa shape index (κ1) is 33.7. The van der Waals surface area contributed by atoms with Crippen LogP contribution in [0.5, 0.6) is 0 Å². The highest BCUT2D eigenvalue weighted by molar-refractivity contribution is 7.99. The number of benzene rings is 2. The second-order valence-electron chi connectivity index (χ2n) is 14.2. The Bertz CT molecular complexity index is 1300. The molecule has 0 radical (unpaired) electrons. The Morgan fingerprint density at radius 1 is 0.818 bits per heavy atom. The highest BCUT2D eigenvalue weighted by Gasteiger charge is 2.36. The number of hydrogen-bond acceptors (Lipinski definition) is 6. The molecule has 0 N–H and O–H groups in total. The van der Waals surface area contributed by atoms with Gasteiger partial charge in [-0.1, -0.05) is 32.0 Å². The molecule has 8 nitrogen and oxygen atoms in total. The number of rotatable bonds is 5. The van der Waals surface area contributed by atoms with Crippen LogP contribution in [-0.2, 0) is 14.3 Å². The molecule has 2 aliphatic rings. The van der Waals surface area contributed by atoms with E-state index in [1.807, 2.05) is 82.8 Å². The minimum Gasteiger partial charge on any atom is -0.443 e. The third-order valence-corrected chi connectivity index (χ3v) is 9.58. The summed E-state index contributed by atoms with van der Waals surface area (Å²) in [7, 11) is 3.37. The van der Waals surface area contributed by atoms with Crippen molar-refractivity contribution in [2.24, 2.45) is 17.8 Å². The third kappa shape index (κ3) is 7.71. The maximum atomic E-state index is 14.3. The largest absolute Gasteiger partial charge is 0.443 e. The van der Waals surface area contributed by atoms with Crippen LogP contribution in [0.4, 0.5) is 32.3 Å². The van der Waals surface area contributed by atoms with Crippen molar-refractivity contribution in [1.29, 1.82) is 0 Å². The fourth-order valence-corrected chi connectivity index (χ4v) is 6.89. The first-order chi connectivity index (χ1) is 20.5. The number of carbonyl (C=O) groups excluding carboxylic acids is 3. The zero-order chi connectivity index (χ0) is 32.6. The molecule has 0 aromatic heterocycles. The first-order valence-corrected chi connectivity index (χ1v) is 16.5. The molecular weight excluding hydrogens is 574 g/mol. The van der Waals surface area contributed by atoms with Gasteiger partial charge in [0.05, 0.1) is 11.4 Å². The summed E-state index contributed by atoms with van der Waals surface area (Å²) < 4.78 is 11.2. The van der Waals surface area contributed by atoms with Crippen molar-refractivity contribution in [3.8, 4) is 0 Å². The van der Waals surface area contributed by atoms with Gasteiger partial charge >= 0.3 is 12.2 Å². The molecule has 2 aromatic carbocycles. The van der Waals surface area contributed by atoms with Gasteiger partial charge in [0, 0.05) is 41.2 Å². The SMILES string of the molecule is CCC(C)C1CCC(C(=O)N2c3ccc(N(C)C(=O)OC(C)(C)C)cc3Sc3cc(N(C)C(=O)OC(C)(C)C)ccc32)CC1. The standard InChI is InChI=1S/C35H49N3O5S/c1-11-22(2)23-12-14-24(15-13-23)31(39)38-27-18-16-25(36(9)32(40)42-34(3,4)5)20-29(27)44-30-21-26(17-19-28(30)38)37(10)33(41)43-35(6,7)8/h16-24H,11-15H2,1-10H3. The number of ether oxygens (including phenoxy) is 2. The molecule has 3 amide bonds. The Balaban J connectivity index is 1.70. The van der Waals surface area contributed by atoms with Crippen LogP contribution < -0.4 is 14.7 Å². The van der Waals surface area contributed by atoms with Gasteiger partial charge in [0.1, 0.15) is 11.2 Å². The molecule has 0 saturated heterocycles. The van der Waals surface area contributed by atoms with Crippen LogP contribution >= 0.6 is 11.8 Å². The number of nitrogens with zero attached hydrogens (tertiary/aromatic N) is 3. The van der Waals surface area contributed by atoms with E-state index in [1.165, 1.54) is 21.6 Å². The summed E-state index contributed by atoms with van der Waals surface area (Å²) in [5.41, 5.74) is 1.68. The van der Waals surface area contributed by atoms with E-state index in [4.69, 9.17) is 9.47 Å². The van der Waals surface area contributed by atoms with E-state index in [1.54, 1.807) is 14.1 Å². The number of hydrogen-bond donors (Lipinski definition) is 0. The van der Waals surface area contributed by atoms with Crippen molar-refractivity contribution >= 4 is 52.6 Å². The van der Waals surface area contributed by atoms with Gasteiger partial charge in [-0.2, -0.15) is 0 Å². The van der Waals surface area contributed by atoms with Crippen molar-refractivity contribution in [2.45, 2.75) is 108 Å². The van der Waals surface area contributed by atoms with Crippen LogP contribution in [-0.4, -0.2) is 43.4 Å². The Hall–Kier alpha value is -3.20. The molecule has 1 heterocycles. The number of fused-ring (bicyclic) bond motifs is 2. The molecule has 4 rings (SSSR count). The summed E-state index contributed by atoms with van der Waals surface area (Å²) in [6, 6.07) is 11.4. The predicted octanol–water partition coefficient (Wildman–Crippen LogP) is 9.41. The monoisotopic (exact) mass is 623 g/mol. The summed E-state index contributed by atoms with van der Waals surface area (Å²) >= 11 is 1.52. The minimum absolute atomic E-state index is 0.0627. The topological polar surface area (TPSA) is 79.4 Å². The van der Waals surface area contributed by atoms with Crippen LogP contribution in [0.3, 0.4) is 0 Å². The van der Waals surface area contributed by atoms with Gasteiger partial charge in [0.2, 0.25) is 5.91 Å². The number of amides is 3. The van der Waals surface area contributed by atoms with Gasteiger partial charge in [0.25, 0.3) is 0 Å². The van der Waals surface area contributed by atoms with Crippen LogP contribution in [0, 0.1) is 17.8 Å². The lowest BCUT2D eigenvalue weighted by Gasteiger charge is -2.37. The van der Waals surface area contributed by atoms with Gasteiger partial charge < -0.3 is 9.47 Å². The molecule has 9 heteroatoms. The lowest BCUT2D eigenvalue weighted by atomic mass is 9.75. The van der Waals surface area contributed by atoms with E-state index in [2.05, 4.69) is 13.8 Å². The average molecular weight is 624 g/mol. The second-order valence-corrected chi connectivity index (χ2v) is 15.2. The van der Waals surface area contributed by atoms with Crippen molar-refractivity contribution < 1.29 is 23.9 Å². The molecule has 0 bridgehead atoms. The maximum absolute atomic E-state index is 14.3. The maximum Gasteiger partial charge on any atom is 0.414 e. The van der Waals surface area contributed by atoms with Crippen LogP contribution in [0.1, 0.15) is 87.5 Å². The first-order valence-electron chi connectivity index (χ1n) is 15.7. The Labute approximate surface area is 267 Å². The summed E-state index contributed by atoms with van der Waals surface area (Å²) in [4.78, 5) is 46.6. The molecule has 1 fully saturated rings. The molecule has 240 valence electrons.